The zero-order chi connectivity index (χ0) is 14.7. The van der Waals surface area contributed by atoms with Crippen LogP contribution < -0.4 is 0 Å². The minimum absolute atomic E-state index is 0.178. The Morgan fingerprint density at radius 2 is 1.90 bits per heavy atom. The van der Waals surface area contributed by atoms with Gasteiger partial charge in [-0.05, 0) is 57.5 Å². The van der Waals surface area contributed by atoms with Crippen molar-refractivity contribution >= 4 is 11.6 Å². The number of hydrogen-bond donors (Lipinski definition) is 0. The highest BCUT2D eigenvalue weighted by atomic mass is 35.5. The molecule has 0 N–H and O–H groups in total. The van der Waals surface area contributed by atoms with Crippen molar-refractivity contribution in [2.45, 2.75) is 44.7 Å². The number of nitrogens with zero attached hydrogens (tertiary/aromatic N) is 2. The molecule has 2 saturated heterocycles. The molecule has 0 amide bonds. The second-order valence-electron chi connectivity index (χ2n) is 6.33. The molecule has 0 saturated carbocycles. The van der Waals surface area contributed by atoms with Gasteiger partial charge in [0, 0.05) is 29.7 Å². The van der Waals surface area contributed by atoms with Gasteiger partial charge in [0.1, 0.15) is 5.82 Å². The number of halogens is 2. The average molecular weight is 311 g/mol. The molecule has 0 bridgehead atoms. The lowest BCUT2D eigenvalue weighted by molar-refractivity contribution is 0.0787. The maximum atomic E-state index is 13.9. The molecule has 1 unspecified atom stereocenters. The van der Waals surface area contributed by atoms with E-state index in [9.17, 15) is 4.39 Å². The number of benzene rings is 1. The Hall–Kier alpha value is -0.640. The van der Waals surface area contributed by atoms with Crippen LogP contribution in [0.15, 0.2) is 18.2 Å². The van der Waals surface area contributed by atoms with Crippen molar-refractivity contribution in [1.82, 2.24) is 9.80 Å². The van der Waals surface area contributed by atoms with Crippen molar-refractivity contribution < 1.29 is 4.39 Å². The van der Waals surface area contributed by atoms with Crippen molar-refractivity contribution in [3.63, 3.8) is 0 Å². The van der Waals surface area contributed by atoms with Gasteiger partial charge < -0.3 is 0 Å². The smallest absolute Gasteiger partial charge is 0.129 e. The summed E-state index contributed by atoms with van der Waals surface area (Å²) in [6.07, 6.45) is 6.51. The number of hydrogen-bond acceptors (Lipinski definition) is 2. The van der Waals surface area contributed by atoms with E-state index in [1.165, 1.54) is 51.3 Å². The summed E-state index contributed by atoms with van der Waals surface area (Å²) >= 11 is 6.16. The summed E-state index contributed by atoms with van der Waals surface area (Å²) in [6.45, 7) is 5.20. The van der Waals surface area contributed by atoms with Crippen molar-refractivity contribution in [3.05, 3.63) is 34.6 Å². The summed E-state index contributed by atoms with van der Waals surface area (Å²) < 4.78 is 13.9. The lowest BCUT2D eigenvalue weighted by Crippen LogP contribution is -2.49. The maximum absolute atomic E-state index is 13.9. The molecule has 1 aromatic carbocycles. The summed E-state index contributed by atoms with van der Waals surface area (Å²) in [5, 5.41) is 0.551. The predicted molar refractivity (Wildman–Crippen MR) is 85.1 cm³/mol. The molecule has 1 atom stereocenters. The van der Waals surface area contributed by atoms with Gasteiger partial charge >= 0.3 is 0 Å². The van der Waals surface area contributed by atoms with Crippen LogP contribution in [0.2, 0.25) is 5.02 Å². The molecule has 1 aromatic rings. The molecule has 21 heavy (non-hydrogen) atoms. The Morgan fingerprint density at radius 3 is 2.67 bits per heavy atom. The number of likely N-dealkylation sites (tertiary alicyclic amines) is 2. The molecule has 2 heterocycles. The molecule has 116 valence electrons. The molecule has 0 radical (unpaired) electrons. The predicted octanol–water partition coefficient (Wildman–Crippen LogP) is 3.93. The van der Waals surface area contributed by atoms with Gasteiger partial charge in [-0.2, -0.15) is 0 Å². The van der Waals surface area contributed by atoms with Crippen LogP contribution in [0.3, 0.4) is 0 Å². The van der Waals surface area contributed by atoms with Gasteiger partial charge in [0.2, 0.25) is 0 Å². The van der Waals surface area contributed by atoms with E-state index in [0.717, 1.165) is 13.1 Å². The van der Waals surface area contributed by atoms with E-state index >= 15 is 0 Å². The fourth-order valence-corrected chi connectivity index (χ4v) is 3.89. The van der Waals surface area contributed by atoms with E-state index in [2.05, 4.69) is 9.80 Å². The van der Waals surface area contributed by atoms with E-state index in [1.54, 1.807) is 12.1 Å². The highest BCUT2D eigenvalue weighted by molar-refractivity contribution is 6.31. The normalized spacial score (nSPS) is 25.1. The monoisotopic (exact) mass is 310 g/mol. The zero-order valence-corrected chi connectivity index (χ0v) is 13.3. The van der Waals surface area contributed by atoms with E-state index in [1.807, 2.05) is 0 Å². The molecule has 2 nitrogen and oxygen atoms in total. The minimum Gasteiger partial charge on any atom is -0.299 e. The molecule has 2 aliphatic heterocycles. The first-order valence-corrected chi connectivity index (χ1v) is 8.51. The highest BCUT2D eigenvalue weighted by Crippen LogP contribution is 2.25. The fraction of sp³-hybridized carbons (Fsp3) is 0.647. The number of rotatable bonds is 3. The van der Waals surface area contributed by atoms with Gasteiger partial charge in [-0.15, -0.1) is 0 Å². The van der Waals surface area contributed by atoms with E-state index in [0.29, 0.717) is 23.2 Å². The maximum Gasteiger partial charge on any atom is 0.129 e. The van der Waals surface area contributed by atoms with E-state index in [-0.39, 0.29) is 5.82 Å². The molecule has 2 fully saturated rings. The van der Waals surface area contributed by atoms with Gasteiger partial charge in [0.25, 0.3) is 0 Å². The van der Waals surface area contributed by atoms with Crippen LogP contribution in [-0.4, -0.2) is 42.0 Å². The molecule has 3 rings (SSSR count). The standard InChI is InChI=1S/C17H24ClFN2/c18-16-7-4-8-17(19)15(16)13-20-9-5-6-14(12-20)21-10-2-1-3-11-21/h4,7-8,14H,1-3,5-6,9-13H2. The summed E-state index contributed by atoms with van der Waals surface area (Å²) in [5.41, 5.74) is 0.651. The Balaban J connectivity index is 1.63. The first-order valence-electron chi connectivity index (χ1n) is 8.13. The van der Waals surface area contributed by atoms with Crippen LogP contribution in [0, 0.1) is 5.82 Å². The Kier molecular flexibility index (Phi) is 5.15. The molecular formula is C17H24ClFN2. The topological polar surface area (TPSA) is 6.48 Å². The second kappa shape index (κ2) is 7.08. The van der Waals surface area contributed by atoms with E-state index < -0.39 is 0 Å². The first-order chi connectivity index (χ1) is 10.2. The zero-order valence-electron chi connectivity index (χ0n) is 12.5. The Morgan fingerprint density at radius 1 is 1.10 bits per heavy atom. The first kappa shape index (κ1) is 15.3. The van der Waals surface area contributed by atoms with Crippen LogP contribution in [0.1, 0.15) is 37.7 Å². The molecule has 0 aromatic heterocycles. The van der Waals surface area contributed by atoms with Gasteiger partial charge in [0.05, 0.1) is 0 Å². The van der Waals surface area contributed by atoms with Crippen molar-refractivity contribution in [1.29, 1.82) is 0 Å². The second-order valence-corrected chi connectivity index (χ2v) is 6.74. The summed E-state index contributed by atoms with van der Waals surface area (Å²) in [4.78, 5) is 5.01. The van der Waals surface area contributed by atoms with Gasteiger partial charge in [-0.1, -0.05) is 24.1 Å². The molecule has 0 spiro atoms. The quantitative estimate of drug-likeness (QED) is 0.834. The molecular weight excluding hydrogens is 287 g/mol. The largest absolute Gasteiger partial charge is 0.299 e. The third-order valence-electron chi connectivity index (χ3n) is 4.83. The van der Waals surface area contributed by atoms with Crippen LogP contribution in [0.25, 0.3) is 0 Å². The van der Waals surface area contributed by atoms with Gasteiger partial charge in [0.15, 0.2) is 0 Å². The molecule has 2 aliphatic rings. The average Bonchev–Trinajstić information content (AvgIpc) is 2.52. The Bertz CT molecular complexity index is 454. The van der Waals surface area contributed by atoms with Crippen molar-refractivity contribution in [3.8, 4) is 0 Å². The lowest BCUT2D eigenvalue weighted by Gasteiger charge is -2.41. The van der Waals surface area contributed by atoms with Crippen LogP contribution in [-0.2, 0) is 6.54 Å². The van der Waals surface area contributed by atoms with Gasteiger partial charge in [-0.25, -0.2) is 4.39 Å². The van der Waals surface area contributed by atoms with Crippen molar-refractivity contribution in [2.75, 3.05) is 26.2 Å². The minimum atomic E-state index is -0.178. The summed E-state index contributed by atoms with van der Waals surface area (Å²) in [7, 11) is 0. The molecule has 0 aliphatic carbocycles. The third kappa shape index (κ3) is 3.77. The lowest BCUT2D eigenvalue weighted by atomic mass is 10.00. The van der Waals surface area contributed by atoms with Gasteiger partial charge in [-0.3, -0.25) is 9.80 Å². The Labute approximate surface area is 131 Å². The highest BCUT2D eigenvalue weighted by Gasteiger charge is 2.26. The molecule has 4 heteroatoms. The van der Waals surface area contributed by atoms with Crippen molar-refractivity contribution in [2.24, 2.45) is 0 Å². The summed E-state index contributed by atoms with van der Waals surface area (Å²) in [5.74, 6) is -0.178. The van der Waals surface area contributed by atoms with Crippen LogP contribution in [0.5, 0.6) is 0 Å². The van der Waals surface area contributed by atoms with Crippen LogP contribution in [0.4, 0.5) is 4.39 Å². The fourth-order valence-electron chi connectivity index (χ4n) is 3.66. The summed E-state index contributed by atoms with van der Waals surface area (Å²) in [6, 6.07) is 5.61. The van der Waals surface area contributed by atoms with Crippen LogP contribution >= 0.6 is 11.6 Å². The number of piperidine rings is 2. The SMILES string of the molecule is Fc1cccc(Cl)c1CN1CCCC(N2CCCCC2)C1. The third-order valence-corrected chi connectivity index (χ3v) is 5.19. The van der Waals surface area contributed by atoms with E-state index in [4.69, 9.17) is 11.6 Å².